The fraction of sp³-hybridized carbons (Fsp3) is 0.250. The minimum Gasteiger partial charge on any atom is -0.492 e. The molecule has 0 bridgehead atoms. The highest BCUT2D eigenvalue weighted by molar-refractivity contribution is 6.30. The smallest absolute Gasteiger partial charge is 0.119 e. The second-order valence-electron chi connectivity index (χ2n) is 4.29. The van der Waals surface area contributed by atoms with Gasteiger partial charge in [-0.05, 0) is 42.8 Å². The number of ether oxygens (including phenoxy) is 1. The van der Waals surface area contributed by atoms with Crippen LogP contribution in [0.1, 0.15) is 5.56 Å². The number of hydrogen-bond donors (Lipinski definition) is 1. The Morgan fingerprint density at radius 2 is 1.63 bits per heavy atom. The van der Waals surface area contributed by atoms with Crippen LogP contribution in [-0.4, -0.2) is 19.7 Å². The maximum atomic E-state index is 5.84. The second-order valence-corrected chi connectivity index (χ2v) is 4.72. The van der Waals surface area contributed by atoms with Crippen molar-refractivity contribution in [3.63, 3.8) is 0 Å². The van der Waals surface area contributed by atoms with E-state index in [0.717, 1.165) is 30.3 Å². The summed E-state index contributed by atoms with van der Waals surface area (Å²) >= 11 is 5.84. The van der Waals surface area contributed by atoms with Crippen LogP contribution < -0.4 is 10.1 Å². The predicted molar refractivity (Wildman–Crippen MR) is 80.0 cm³/mol. The summed E-state index contributed by atoms with van der Waals surface area (Å²) in [4.78, 5) is 0. The number of hydrogen-bond acceptors (Lipinski definition) is 2. The molecule has 0 saturated carbocycles. The average molecular weight is 276 g/mol. The van der Waals surface area contributed by atoms with Crippen LogP contribution in [0.5, 0.6) is 5.75 Å². The van der Waals surface area contributed by atoms with Gasteiger partial charge in [-0.3, -0.25) is 0 Å². The maximum absolute atomic E-state index is 5.84. The van der Waals surface area contributed by atoms with Gasteiger partial charge < -0.3 is 10.1 Å². The van der Waals surface area contributed by atoms with E-state index in [1.165, 1.54) is 5.56 Å². The van der Waals surface area contributed by atoms with Gasteiger partial charge in [-0.1, -0.05) is 41.9 Å². The summed E-state index contributed by atoms with van der Waals surface area (Å²) in [5, 5.41) is 4.15. The van der Waals surface area contributed by atoms with Crippen LogP contribution >= 0.6 is 11.6 Å². The van der Waals surface area contributed by atoms with E-state index < -0.39 is 0 Å². The van der Waals surface area contributed by atoms with Gasteiger partial charge in [0.25, 0.3) is 0 Å². The molecule has 2 rings (SSSR count). The van der Waals surface area contributed by atoms with E-state index in [0.29, 0.717) is 6.61 Å². The van der Waals surface area contributed by atoms with Gasteiger partial charge in [0.05, 0.1) is 0 Å². The van der Waals surface area contributed by atoms with Gasteiger partial charge in [0.2, 0.25) is 0 Å². The van der Waals surface area contributed by atoms with Crippen molar-refractivity contribution in [1.29, 1.82) is 0 Å². The fourth-order valence-electron chi connectivity index (χ4n) is 1.77. The van der Waals surface area contributed by atoms with Gasteiger partial charge in [0.1, 0.15) is 12.4 Å². The van der Waals surface area contributed by atoms with E-state index in [1.54, 1.807) is 0 Å². The zero-order valence-electron chi connectivity index (χ0n) is 10.8. The molecule has 0 heterocycles. The van der Waals surface area contributed by atoms with E-state index in [2.05, 4.69) is 17.4 Å². The number of rotatable bonds is 7. The molecule has 0 aromatic heterocycles. The lowest BCUT2D eigenvalue weighted by molar-refractivity contribution is 0.314. The van der Waals surface area contributed by atoms with Crippen LogP contribution in [-0.2, 0) is 6.42 Å². The van der Waals surface area contributed by atoms with E-state index in [4.69, 9.17) is 16.3 Å². The molecular weight excluding hydrogens is 258 g/mol. The third kappa shape index (κ3) is 5.33. The molecule has 0 atom stereocenters. The summed E-state index contributed by atoms with van der Waals surface area (Å²) in [5.74, 6) is 0.919. The Bertz CT molecular complexity index is 470. The predicted octanol–water partition coefficient (Wildman–Crippen LogP) is 3.55. The number of para-hydroxylation sites is 1. The first kappa shape index (κ1) is 13.9. The molecule has 2 nitrogen and oxygen atoms in total. The summed E-state index contributed by atoms with van der Waals surface area (Å²) in [6.07, 6.45) is 1.00. The lowest BCUT2D eigenvalue weighted by atomic mass is 10.1. The topological polar surface area (TPSA) is 21.3 Å². The Morgan fingerprint density at radius 1 is 0.895 bits per heavy atom. The van der Waals surface area contributed by atoms with Gasteiger partial charge in [0.15, 0.2) is 0 Å². The normalized spacial score (nSPS) is 10.4. The van der Waals surface area contributed by atoms with Crippen LogP contribution in [0.25, 0.3) is 0 Å². The maximum Gasteiger partial charge on any atom is 0.119 e. The quantitative estimate of drug-likeness (QED) is 0.780. The van der Waals surface area contributed by atoms with Gasteiger partial charge in [-0.15, -0.1) is 0 Å². The Labute approximate surface area is 119 Å². The van der Waals surface area contributed by atoms with Crippen LogP contribution in [0, 0.1) is 0 Å². The molecule has 2 aromatic carbocycles. The average Bonchev–Trinajstić information content (AvgIpc) is 2.46. The molecule has 0 radical (unpaired) electrons. The summed E-state index contributed by atoms with van der Waals surface area (Å²) in [7, 11) is 0. The van der Waals surface area contributed by atoms with Crippen molar-refractivity contribution < 1.29 is 4.74 Å². The largest absolute Gasteiger partial charge is 0.492 e. The zero-order chi connectivity index (χ0) is 13.3. The van der Waals surface area contributed by atoms with Crippen molar-refractivity contribution in [2.45, 2.75) is 6.42 Å². The summed E-state index contributed by atoms with van der Waals surface area (Å²) in [6, 6.07) is 17.8. The first-order valence-corrected chi connectivity index (χ1v) is 6.85. The molecule has 0 fully saturated rings. The van der Waals surface area contributed by atoms with E-state index in [1.807, 2.05) is 42.5 Å². The van der Waals surface area contributed by atoms with E-state index in [-0.39, 0.29) is 0 Å². The third-order valence-corrected chi connectivity index (χ3v) is 3.05. The summed E-state index contributed by atoms with van der Waals surface area (Å²) in [5.41, 5.74) is 1.29. The SMILES string of the molecule is Clc1ccc(CCNCCOc2ccccc2)cc1. The Kier molecular flexibility index (Phi) is 5.73. The third-order valence-electron chi connectivity index (χ3n) is 2.79. The molecule has 1 N–H and O–H groups in total. The molecule has 2 aromatic rings. The van der Waals surface area contributed by atoms with Crippen LogP contribution in [0.2, 0.25) is 5.02 Å². The van der Waals surface area contributed by atoms with E-state index in [9.17, 15) is 0 Å². The number of benzene rings is 2. The van der Waals surface area contributed by atoms with Crippen molar-refractivity contribution in [3.05, 3.63) is 65.2 Å². The number of nitrogens with one attached hydrogen (secondary N) is 1. The molecule has 0 aliphatic carbocycles. The molecule has 100 valence electrons. The molecule has 0 saturated heterocycles. The molecule has 3 heteroatoms. The van der Waals surface area contributed by atoms with E-state index >= 15 is 0 Å². The first-order chi connectivity index (χ1) is 9.34. The molecule has 0 unspecified atom stereocenters. The first-order valence-electron chi connectivity index (χ1n) is 6.47. The lowest BCUT2D eigenvalue weighted by Crippen LogP contribution is -2.23. The van der Waals surface area contributed by atoms with Crippen molar-refractivity contribution >= 4 is 11.6 Å². The summed E-state index contributed by atoms with van der Waals surface area (Å²) in [6.45, 7) is 2.48. The summed E-state index contributed by atoms with van der Waals surface area (Å²) < 4.78 is 5.59. The van der Waals surface area contributed by atoms with Crippen molar-refractivity contribution in [3.8, 4) is 5.75 Å². The Balaban J connectivity index is 1.56. The molecule has 0 aliphatic rings. The molecule has 0 spiro atoms. The minimum atomic E-state index is 0.685. The highest BCUT2D eigenvalue weighted by Gasteiger charge is 1.94. The van der Waals surface area contributed by atoms with Crippen molar-refractivity contribution in [1.82, 2.24) is 5.32 Å². The standard InChI is InChI=1S/C16H18ClNO/c17-15-8-6-14(7-9-15)10-11-18-12-13-19-16-4-2-1-3-5-16/h1-9,18H,10-13H2. The van der Waals surface area contributed by atoms with Crippen LogP contribution in [0.4, 0.5) is 0 Å². The Hall–Kier alpha value is -1.51. The molecular formula is C16H18ClNO. The molecule has 0 aliphatic heterocycles. The molecule has 19 heavy (non-hydrogen) atoms. The van der Waals surface area contributed by atoms with Gasteiger partial charge in [-0.25, -0.2) is 0 Å². The van der Waals surface area contributed by atoms with Crippen molar-refractivity contribution in [2.75, 3.05) is 19.7 Å². The van der Waals surface area contributed by atoms with Crippen LogP contribution in [0.3, 0.4) is 0 Å². The van der Waals surface area contributed by atoms with Crippen LogP contribution in [0.15, 0.2) is 54.6 Å². The minimum absolute atomic E-state index is 0.685. The monoisotopic (exact) mass is 275 g/mol. The second kappa shape index (κ2) is 7.82. The highest BCUT2D eigenvalue weighted by atomic mass is 35.5. The lowest BCUT2D eigenvalue weighted by Gasteiger charge is -2.07. The van der Waals surface area contributed by atoms with Gasteiger partial charge in [0, 0.05) is 11.6 Å². The van der Waals surface area contributed by atoms with Crippen molar-refractivity contribution in [2.24, 2.45) is 0 Å². The van der Waals surface area contributed by atoms with Gasteiger partial charge >= 0.3 is 0 Å². The highest BCUT2D eigenvalue weighted by Crippen LogP contribution is 2.09. The number of halogens is 1. The molecule has 0 amide bonds. The zero-order valence-corrected chi connectivity index (χ0v) is 11.6. The van der Waals surface area contributed by atoms with Gasteiger partial charge in [-0.2, -0.15) is 0 Å². The fourth-order valence-corrected chi connectivity index (χ4v) is 1.89. The Morgan fingerprint density at radius 3 is 2.37 bits per heavy atom.